The fraction of sp³-hybridized carbons (Fsp3) is 0.364. The van der Waals surface area contributed by atoms with Crippen LogP contribution in [0, 0.1) is 11.8 Å². The number of anilines is 1. The maximum atomic E-state index is 13.1. The average molecular weight is 429 g/mol. The zero-order chi connectivity index (χ0) is 21.7. The topological polar surface area (TPSA) is 91.4 Å². The zero-order valence-electron chi connectivity index (χ0n) is 17.0. The minimum absolute atomic E-state index is 0.163. The zero-order valence-corrected chi connectivity index (χ0v) is 17.8. The summed E-state index contributed by atoms with van der Waals surface area (Å²) >= 11 is 6.12. The molecule has 2 N–H and O–H groups in total. The number of hydrogen-bond donors (Lipinski definition) is 2. The monoisotopic (exact) mass is 428 g/mol. The van der Waals surface area contributed by atoms with Gasteiger partial charge in [-0.3, -0.25) is 19.4 Å². The summed E-state index contributed by atoms with van der Waals surface area (Å²) in [5.41, 5.74) is 0.932. The van der Waals surface area contributed by atoms with Crippen molar-refractivity contribution in [3.05, 3.63) is 58.9 Å². The molecular formula is C22H25ClN4O3. The first-order valence-electron chi connectivity index (χ1n) is 9.91. The van der Waals surface area contributed by atoms with E-state index in [0.717, 1.165) is 6.42 Å². The predicted octanol–water partition coefficient (Wildman–Crippen LogP) is 3.22. The summed E-state index contributed by atoms with van der Waals surface area (Å²) in [6, 6.07) is 9.73. The summed E-state index contributed by atoms with van der Waals surface area (Å²) < 4.78 is 0. The Bertz CT molecular complexity index is 925. The van der Waals surface area contributed by atoms with E-state index in [4.69, 9.17) is 11.6 Å². The Morgan fingerprint density at radius 1 is 1.13 bits per heavy atom. The van der Waals surface area contributed by atoms with Crippen molar-refractivity contribution in [2.75, 3.05) is 25.0 Å². The van der Waals surface area contributed by atoms with Crippen LogP contribution in [-0.4, -0.2) is 47.2 Å². The number of aromatic nitrogens is 1. The van der Waals surface area contributed by atoms with Crippen LogP contribution >= 0.6 is 11.6 Å². The molecule has 0 saturated carbocycles. The second-order valence-corrected chi connectivity index (χ2v) is 8.23. The lowest BCUT2D eigenvalue weighted by Crippen LogP contribution is -2.43. The maximum Gasteiger partial charge on any atom is 0.270 e. The molecular weight excluding hydrogens is 404 g/mol. The molecule has 1 aromatic heterocycles. The van der Waals surface area contributed by atoms with Crippen LogP contribution in [-0.2, 0) is 4.79 Å². The number of piperidine rings is 1. The van der Waals surface area contributed by atoms with Gasteiger partial charge in [-0.15, -0.1) is 0 Å². The molecule has 1 aromatic carbocycles. The second kappa shape index (κ2) is 9.71. The molecule has 0 aliphatic carbocycles. The summed E-state index contributed by atoms with van der Waals surface area (Å²) in [6.07, 6.45) is 2.59. The van der Waals surface area contributed by atoms with Crippen molar-refractivity contribution in [1.82, 2.24) is 15.2 Å². The van der Waals surface area contributed by atoms with Crippen molar-refractivity contribution < 1.29 is 14.4 Å². The molecule has 7 nitrogen and oxygen atoms in total. The van der Waals surface area contributed by atoms with E-state index in [1.54, 1.807) is 36.4 Å². The van der Waals surface area contributed by atoms with Crippen LogP contribution in [0.5, 0.6) is 0 Å². The number of benzene rings is 1. The van der Waals surface area contributed by atoms with E-state index < -0.39 is 11.8 Å². The Hall–Kier alpha value is -2.93. The molecule has 2 atom stereocenters. The molecule has 1 aliphatic rings. The van der Waals surface area contributed by atoms with Gasteiger partial charge < -0.3 is 15.5 Å². The van der Waals surface area contributed by atoms with E-state index in [1.165, 1.54) is 6.20 Å². The summed E-state index contributed by atoms with van der Waals surface area (Å²) in [4.78, 5) is 43.3. The van der Waals surface area contributed by atoms with Gasteiger partial charge in [-0.2, -0.15) is 0 Å². The molecule has 3 rings (SSSR count). The molecule has 1 aliphatic heterocycles. The lowest BCUT2D eigenvalue weighted by molar-refractivity contribution is -0.115. The molecule has 3 amide bonds. The fourth-order valence-electron chi connectivity index (χ4n) is 3.74. The van der Waals surface area contributed by atoms with Gasteiger partial charge in [0.15, 0.2) is 0 Å². The highest BCUT2D eigenvalue weighted by Crippen LogP contribution is 2.27. The van der Waals surface area contributed by atoms with E-state index in [-0.39, 0.29) is 18.1 Å². The van der Waals surface area contributed by atoms with E-state index in [0.29, 0.717) is 41.2 Å². The average Bonchev–Trinajstić information content (AvgIpc) is 2.72. The molecule has 8 heteroatoms. The Kier molecular flexibility index (Phi) is 7.05. The van der Waals surface area contributed by atoms with Gasteiger partial charge in [0.05, 0.1) is 17.8 Å². The summed E-state index contributed by atoms with van der Waals surface area (Å²) in [7, 11) is 0. The number of hydrogen-bond acceptors (Lipinski definition) is 4. The minimum Gasteiger partial charge on any atom is -0.342 e. The van der Waals surface area contributed by atoms with Crippen molar-refractivity contribution >= 4 is 35.0 Å². The van der Waals surface area contributed by atoms with Gasteiger partial charge in [0, 0.05) is 24.3 Å². The summed E-state index contributed by atoms with van der Waals surface area (Å²) in [6.45, 7) is 5.34. The van der Waals surface area contributed by atoms with Crippen molar-refractivity contribution in [3.8, 4) is 0 Å². The Labute approximate surface area is 180 Å². The predicted molar refractivity (Wildman–Crippen MR) is 116 cm³/mol. The molecule has 30 heavy (non-hydrogen) atoms. The number of pyridine rings is 1. The number of carbonyl (C=O) groups is 3. The Morgan fingerprint density at radius 3 is 2.53 bits per heavy atom. The number of nitrogens with zero attached hydrogens (tertiary/aromatic N) is 2. The number of nitrogens with one attached hydrogen (secondary N) is 2. The van der Waals surface area contributed by atoms with Gasteiger partial charge in [0.1, 0.15) is 5.69 Å². The van der Waals surface area contributed by atoms with Gasteiger partial charge in [-0.1, -0.05) is 31.5 Å². The van der Waals surface area contributed by atoms with Gasteiger partial charge in [0.25, 0.3) is 11.8 Å². The first-order chi connectivity index (χ1) is 14.3. The van der Waals surface area contributed by atoms with Gasteiger partial charge in [-0.25, -0.2) is 0 Å². The van der Waals surface area contributed by atoms with Crippen LogP contribution in [0.3, 0.4) is 0 Å². The Morgan fingerprint density at radius 2 is 1.87 bits per heavy atom. The highest BCUT2D eigenvalue weighted by Gasteiger charge is 2.28. The van der Waals surface area contributed by atoms with Crippen LogP contribution in [0.2, 0.25) is 5.02 Å². The standard InChI is InChI=1S/C22H25ClN4O3/c1-14-9-15(2)13-27(12-14)22(30)17-10-16(23)6-7-18(17)26-20(28)11-25-21(29)19-5-3-4-8-24-19/h3-8,10,14-15H,9,11-13H2,1-2H3,(H,25,29)(H,26,28)/t14-,15+. The molecule has 0 bridgehead atoms. The summed E-state index contributed by atoms with van der Waals surface area (Å²) in [5.74, 6) is -0.234. The molecule has 0 spiro atoms. The van der Waals surface area contributed by atoms with Crippen LogP contribution < -0.4 is 10.6 Å². The lowest BCUT2D eigenvalue weighted by Gasteiger charge is -2.35. The fourth-order valence-corrected chi connectivity index (χ4v) is 3.92. The quantitative estimate of drug-likeness (QED) is 0.764. The molecule has 1 saturated heterocycles. The van der Waals surface area contributed by atoms with Crippen molar-refractivity contribution in [3.63, 3.8) is 0 Å². The van der Waals surface area contributed by atoms with Crippen LogP contribution in [0.1, 0.15) is 41.1 Å². The third-order valence-electron chi connectivity index (χ3n) is 4.95. The van der Waals surface area contributed by atoms with E-state index in [9.17, 15) is 14.4 Å². The third-order valence-corrected chi connectivity index (χ3v) is 5.18. The highest BCUT2D eigenvalue weighted by atomic mass is 35.5. The maximum absolute atomic E-state index is 13.1. The number of amides is 3. The lowest BCUT2D eigenvalue weighted by atomic mass is 9.91. The van der Waals surface area contributed by atoms with Gasteiger partial charge in [0.2, 0.25) is 5.91 Å². The molecule has 0 radical (unpaired) electrons. The number of halogens is 1. The largest absolute Gasteiger partial charge is 0.342 e. The van der Waals surface area contributed by atoms with Crippen molar-refractivity contribution in [2.45, 2.75) is 20.3 Å². The molecule has 158 valence electrons. The second-order valence-electron chi connectivity index (χ2n) is 7.79. The van der Waals surface area contributed by atoms with Crippen LogP contribution in [0.15, 0.2) is 42.6 Å². The number of likely N-dealkylation sites (tertiary alicyclic amines) is 1. The normalized spacial score (nSPS) is 18.6. The van der Waals surface area contributed by atoms with Crippen molar-refractivity contribution in [2.24, 2.45) is 11.8 Å². The van der Waals surface area contributed by atoms with Crippen molar-refractivity contribution in [1.29, 1.82) is 0 Å². The molecule has 2 heterocycles. The smallest absolute Gasteiger partial charge is 0.270 e. The number of carbonyl (C=O) groups excluding carboxylic acids is 3. The van der Waals surface area contributed by atoms with Crippen LogP contribution in [0.25, 0.3) is 0 Å². The molecule has 2 aromatic rings. The SMILES string of the molecule is C[C@@H]1C[C@H](C)CN(C(=O)c2cc(Cl)ccc2NC(=O)CNC(=O)c2ccccn2)C1. The van der Waals surface area contributed by atoms with E-state index in [1.807, 2.05) is 4.90 Å². The third kappa shape index (κ3) is 5.57. The highest BCUT2D eigenvalue weighted by molar-refractivity contribution is 6.31. The first kappa shape index (κ1) is 21.8. The minimum atomic E-state index is -0.450. The van der Waals surface area contributed by atoms with E-state index in [2.05, 4.69) is 29.5 Å². The first-order valence-corrected chi connectivity index (χ1v) is 10.3. The summed E-state index contributed by atoms with van der Waals surface area (Å²) in [5, 5.41) is 5.64. The molecule has 1 fully saturated rings. The van der Waals surface area contributed by atoms with E-state index >= 15 is 0 Å². The Balaban J connectivity index is 1.68. The van der Waals surface area contributed by atoms with Gasteiger partial charge >= 0.3 is 0 Å². The van der Waals surface area contributed by atoms with Crippen LogP contribution in [0.4, 0.5) is 5.69 Å². The molecule has 0 unspecified atom stereocenters. The van der Waals surface area contributed by atoms with Gasteiger partial charge in [-0.05, 0) is 48.6 Å². The number of rotatable bonds is 5.